The Labute approximate surface area is 296 Å². The number of nitrogens with zero attached hydrogens (tertiary/aromatic N) is 1. The Morgan fingerprint density at radius 2 is 1.17 bits per heavy atom. The fourth-order valence-electron chi connectivity index (χ4n) is 5.16. The van der Waals surface area contributed by atoms with E-state index in [1.54, 1.807) is 0 Å². The largest absolute Gasteiger partial charge is 0.472 e. The van der Waals surface area contributed by atoms with Gasteiger partial charge in [0.15, 0.2) is 0 Å². The van der Waals surface area contributed by atoms with E-state index in [-0.39, 0.29) is 25.8 Å². The number of rotatable bonds is 36. The van der Waals surface area contributed by atoms with Gasteiger partial charge in [0.1, 0.15) is 19.3 Å². The molecule has 284 valence electrons. The standard InChI is InChI=1S/C39H76NO7P/c1-6-8-10-12-14-16-18-20-21-22-24-26-28-30-32-39(41)47-38(37-46-48(42,43)45-35-33-40(3,4)5)36-44-34-31-29-27-25-23-19-17-15-13-11-9-7-2/h12,14,18,20,38H,6-11,13,15-17,19,21-37H2,1-5H3/p+1/b14-12-,20-18-. The van der Waals surface area contributed by atoms with Gasteiger partial charge in [0, 0.05) is 13.0 Å². The zero-order valence-electron chi connectivity index (χ0n) is 32.0. The number of ether oxygens (including phenoxy) is 2. The molecule has 8 nitrogen and oxygen atoms in total. The molecule has 48 heavy (non-hydrogen) atoms. The van der Waals surface area contributed by atoms with Gasteiger partial charge < -0.3 is 18.9 Å². The Morgan fingerprint density at radius 1 is 0.646 bits per heavy atom. The fraction of sp³-hybridized carbons (Fsp3) is 0.872. The van der Waals surface area contributed by atoms with E-state index in [1.165, 1.54) is 83.5 Å². The van der Waals surface area contributed by atoms with Crippen LogP contribution in [0.25, 0.3) is 0 Å². The quantitative estimate of drug-likeness (QED) is 0.0228. The van der Waals surface area contributed by atoms with Crippen LogP contribution in [-0.4, -0.2) is 75.6 Å². The van der Waals surface area contributed by atoms with E-state index in [9.17, 15) is 14.3 Å². The second kappa shape index (κ2) is 33.1. The van der Waals surface area contributed by atoms with Crippen molar-refractivity contribution in [2.75, 3.05) is 54.1 Å². The Hall–Kier alpha value is -1.02. The predicted octanol–water partition coefficient (Wildman–Crippen LogP) is 10.9. The highest BCUT2D eigenvalue weighted by molar-refractivity contribution is 7.47. The van der Waals surface area contributed by atoms with Crippen LogP contribution in [0.15, 0.2) is 24.3 Å². The molecular weight excluding hydrogens is 625 g/mol. The van der Waals surface area contributed by atoms with Crippen molar-refractivity contribution in [1.29, 1.82) is 0 Å². The number of phosphoric ester groups is 1. The van der Waals surface area contributed by atoms with Gasteiger partial charge >= 0.3 is 13.8 Å². The highest BCUT2D eigenvalue weighted by Gasteiger charge is 2.26. The molecule has 0 aromatic rings. The third kappa shape index (κ3) is 36.3. The SMILES string of the molecule is CCCC/C=C\C/C=C\CCCCCCCC(=O)OC(COCCCCCCCCCCCCCC)COP(=O)(O)OCC[N+](C)(C)C. The fourth-order valence-corrected chi connectivity index (χ4v) is 5.90. The van der Waals surface area contributed by atoms with E-state index in [4.69, 9.17) is 18.5 Å². The van der Waals surface area contributed by atoms with Crippen LogP contribution in [0.4, 0.5) is 0 Å². The smallest absolute Gasteiger partial charge is 0.457 e. The van der Waals surface area contributed by atoms with Gasteiger partial charge in [-0.1, -0.05) is 141 Å². The first-order chi connectivity index (χ1) is 23.1. The molecule has 0 heterocycles. The first-order valence-corrected chi connectivity index (χ1v) is 21.1. The zero-order valence-corrected chi connectivity index (χ0v) is 32.9. The molecule has 0 aromatic heterocycles. The second-order valence-electron chi connectivity index (χ2n) is 14.3. The van der Waals surface area contributed by atoms with Crippen LogP contribution in [0.1, 0.15) is 162 Å². The van der Waals surface area contributed by atoms with Gasteiger partial charge in [0.25, 0.3) is 0 Å². The van der Waals surface area contributed by atoms with Gasteiger partial charge in [-0.2, -0.15) is 0 Å². The molecule has 0 aliphatic rings. The molecule has 0 amide bonds. The summed E-state index contributed by atoms with van der Waals surface area (Å²) in [4.78, 5) is 22.8. The first-order valence-electron chi connectivity index (χ1n) is 19.6. The van der Waals surface area contributed by atoms with Crippen molar-refractivity contribution in [2.24, 2.45) is 0 Å². The summed E-state index contributed by atoms with van der Waals surface area (Å²) >= 11 is 0. The molecule has 0 saturated carbocycles. The maximum absolute atomic E-state index is 12.6. The van der Waals surface area contributed by atoms with Crippen LogP contribution in [0.5, 0.6) is 0 Å². The number of esters is 1. The van der Waals surface area contributed by atoms with Gasteiger partial charge in [-0.15, -0.1) is 0 Å². The zero-order chi connectivity index (χ0) is 35.6. The normalized spacial score (nSPS) is 14.2. The summed E-state index contributed by atoms with van der Waals surface area (Å²) in [6.45, 7) is 5.57. The number of hydrogen-bond donors (Lipinski definition) is 1. The number of allylic oxidation sites excluding steroid dienone is 4. The highest BCUT2D eigenvalue weighted by Crippen LogP contribution is 2.43. The molecule has 1 N–H and O–H groups in total. The summed E-state index contributed by atoms with van der Waals surface area (Å²) in [6.07, 6.45) is 34.8. The summed E-state index contributed by atoms with van der Waals surface area (Å²) in [5, 5.41) is 0. The highest BCUT2D eigenvalue weighted by atomic mass is 31.2. The molecular formula is C39H77NO7P+. The first kappa shape index (κ1) is 47.0. The molecule has 0 saturated heterocycles. The van der Waals surface area contributed by atoms with Crippen molar-refractivity contribution < 1.29 is 37.3 Å². The Balaban J connectivity index is 4.31. The molecule has 0 bridgehead atoms. The van der Waals surface area contributed by atoms with E-state index in [0.717, 1.165) is 57.8 Å². The molecule has 0 aliphatic carbocycles. The van der Waals surface area contributed by atoms with Crippen molar-refractivity contribution in [3.8, 4) is 0 Å². The number of hydrogen-bond acceptors (Lipinski definition) is 6. The van der Waals surface area contributed by atoms with Gasteiger partial charge in [0.05, 0.1) is 34.4 Å². The minimum Gasteiger partial charge on any atom is -0.457 e. The van der Waals surface area contributed by atoms with Gasteiger partial charge in [-0.25, -0.2) is 4.57 Å². The Morgan fingerprint density at radius 3 is 1.75 bits per heavy atom. The Kier molecular flexibility index (Phi) is 32.4. The van der Waals surface area contributed by atoms with Crippen molar-refractivity contribution in [3.05, 3.63) is 24.3 Å². The number of carbonyl (C=O) groups is 1. The summed E-state index contributed by atoms with van der Waals surface area (Å²) in [5.41, 5.74) is 0. The minimum atomic E-state index is -4.27. The van der Waals surface area contributed by atoms with E-state index in [2.05, 4.69) is 38.2 Å². The van der Waals surface area contributed by atoms with Crippen molar-refractivity contribution in [1.82, 2.24) is 0 Å². The third-order valence-electron chi connectivity index (χ3n) is 8.27. The summed E-state index contributed by atoms with van der Waals surface area (Å²) in [7, 11) is 1.66. The van der Waals surface area contributed by atoms with Gasteiger partial charge in [-0.05, 0) is 38.5 Å². The van der Waals surface area contributed by atoms with Gasteiger partial charge in [-0.3, -0.25) is 13.8 Å². The van der Waals surface area contributed by atoms with Crippen LogP contribution in [0.2, 0.25) is 0 Å². The number of likely N-dealkylation sites (N-methyl/N-ethyl adjacent to an activating group) is 1. The molecule has 9 heteroatoms. The average molecular weight is 703 g/mol. The Bertz CT molecular complexity index is 828. The maximum Gasteiger partial charge on any atom is 0.472 e. The molecule has 2 unspecified atom stereocenters. The van der Waals surface area contributed by atoms with Crippen LogP contribution in [-0.2, 0) is 27.9 Å². The number of carbonyl (C=O) groups excluding carboxylic acids is 1. The van der Waals surface area contributed by atoms with Crippen molar-refractivity contribution in [3.63, 3.8) is 0 Å². The third-order valence-corrected chi connectivity index (χ3v) is 9.25. The lowest BCUT2D eigenvalue weighted by Gasteiger charge is -2.24. The topological polar surface area (TPSA) is 91.3 Å². The minimum absolute atomic E-state index is 0.0872. The maximum atomic E-state index is 12.6. The van der Waals surface area contributed by atoms with Crippen LogP contribution in [0.3, 0.4) is 0 Å². The average Bonchev–Trinajstić information content (AvgIpc) is 3.03. The predicted molar refractivity (Wildman–Crippen MR) is 201 cm³/mol. The molecule has 2 atom stereocenters. The molecule has 0 aromatic carbocycles. The lowest BCUT2D eigenvalue weighted by molar-refractivity contribution is -0.870. The van der Waals surface area contributed by atoms with Crippen LogP contribution in [0, 0.1) is 0 Å². The van der Waals surface area contributed by atoms with Crippen LogP contribution >= 0.6 is 7.82 Å². The number of phosphoric acid groups is 1. The van der Waals surface area contributed by atoms with E-state index >= 15 is 0 Å². The van der Waals surface area contributed by atoms with E-state index in [1.807, 2.05) is 21.1 Å². The van der Waals surface area contributed by atoms with E-state index < -0.39 is 13.9 Å². The van der Waals surface area contributed by atoms with Crippen molar-refractivity contribution in [2.45, 2.75) is 168 Å². The lowest BCUT2D eigenvalue weighted by atomic mass is 10.1. The van der Waals surface area contributed by atoms with Gasteiger partial charge in [0.2, 0.25) is 0 Å². The summed E-state index contributed by atoms with van der Waals surface area (Å²) < 4.78 is 34.8. The summed E-state index contributed by atoms with van der Waals surface area (Å²) in [5.74, 6) is -0.328. The molecule has 0 aliphatic heterocycles. The number of quaternary nitrogens is 1. The van der Waals surface area contributed by atoms with Crippen LogP contribution < -0.4 is 0 Å². The molecule has 0 fully saturated rings. The lowest BCUT2D eigenvalue weighted by Crippen LogP contribution is -2.37. The molecule has 0 radical (unpaired) electrons. The molecule has 0 rings (SSSR count). The monoisotopic (exact) mass is 703 g/mol. The number of unbranched alkanes of at least 4 members (excludes halogenated alkanes) is 18. The second-order valence-corrected chi connectivity index (χ2v) is 15.8. The summed E-state index contributed by atoms with van der Waals surface area (Å²) in [6, 6.07) is 0. The van der Waals surface area contributed by atoms with E-state index in [0.29, 0.717) is 24.1 Å². The molecule has 0 spiro atoms. The van der Waals surface area contributed by atoms with Crippen molar-refractivity contribution >= 4 is 13.8 Å².